The number of carbonyl (C=O) groups is 1. The molecule has 1 aromatic carbocycles. The number of benzene rings is 1. The maximum Gasteiger partial charge on any atom is 0.274 e. The molecule has 1 N–H and O–H groups in total. The van der Waals surface area contributed by atoms with Gasteiger partial charge >= 0.3 is 0 Å². The van der Waals surface area contributed by atoms with Crippen LogP contribution in [0.3, 0.4) is 0 Å². The molecule has 2 heterocycles. The molecule has 3 aromatic rings. The molecule has 0 unspecified atom stereocenters. The van der Waals surface area contributed by atoms with Gasteiger partial charge in [-0.15, -0.1) is 0 Å². The number of amides is 1. The Morgan fingerprint density at radius 2 is 1.96 bits per heavy atom. The number of hydrogen-bond donors (Lipinski definition) is 1. The number of hydrogen-bond acceptors (Lipinski definition) is 2. The fraction of sp³-hybridized carbons (Fsp3) is 0.300. The molecular weight excluding hydrogens is 298 g/mol. The van der Waals surface area contributed by atoms with Crippen LogP contribution >= 0.6 is 0 Å². The van der Waals surface area contributed by atoms with Crippen molar-refractivity contribution < 1.29 is 4.79 Å². The van der Waals surface area contributed by atoms with Gasteiger partial charge in [-0.05, 0) is 50.5 Å². The average molecular weight is 321 g/mol. The number of anilines is 1. The van der Waals surface area contributed by atoms with E-state index in [0.717, 1.165) is 41.0 Å². The van der Waals surface area contributed by atoms with Crippen molar-refractivity contribution in [3.63, 3.8) is 0 Å². The first kappa shape index (κ1) is 16.2. The summed E-state index contributed by atoms with van der Waals surface area (Å²) in [4.78, 5) is 17.7. The van der Waals surface area contributed by atoms with E-state index in [1.807, 2.05) is 55.6 Å². The van der Waals surface area contributed by atoms with Gasteiger partial charge in [0.2, 0.25) is 0 Å². The van der Waals surface area contributed by atoms with E-state index in [0.29, 0.717) is 5.69 Å². The summed E-state index contributed by atoms with van der Waals surface area (Å²) < 4.78 is 1.90. The molecule has 0 fully saturated rings. The number of aryl methyl sites for hydroxylation is 4. The maximum atomic E-state index is 13.0. The SMILES string of the molecule is CCCc1nc2c(C)cccn2c1C(=O)Nc1ccc(C)cc1C. The highest BCUT2D eigenvalue weighted by atomic mass is 16.2. The summed E-state index contributed by atoms with van der Waals surface area (Å²) in [5.41, 5.74) is 6.50. The van der Waals surface area contributed by atoms with Crippen molar-refractivity contribution in [2.24, 2.45) is 0 Å². The van der Waals surface area contributed by atoms with Gasteiger partial charge in [0.1, 0.15) is 11.3 Å². The predicted molar refractivity (Wildman–Crippen MR) is 97.8 cm³/mol. The molecule has 1 amide bonds. The summed E-state index contributed by atoms with van der Waals surface area (Å²) >= 11 is 0. The van der Waals surface area contributed by atoms with Gasteiger partial charge in [0, 0.05) is 11.9 Å². The molecule has 24 heavy (non-hydrogen) atoms. The zero-order valence-electron chi connectivity index (χ0n) is 14.7. The van der Waals surface area contributed by atoms with Gasteiger partial charge in [0.05, 0.1) is 5.69 Å². The van der Waals surface area contributed by atoms with E-state index in [1.54, 1.807) is 0 Å². The largest absolute Gasteiger partial charge is 0.320 e. The topological polar surface area (TPSA) is 46.4 Å². The van der Waals surface area contributed by atoms with Crippen molar-refractivity contribution in [1.82, 2.24) is 9.38 Å². The highest BCUT2D eigenvalue weighted by molar-refractivity contribution is 6.05. The van der Waals surface area contributed by atoms with Crippen LogP contribution in [0.2, 0.25) is 0 Å². The van der Waals surface area contributed by atoms with Crippen LogP contribution in [-0.4, -0.2) is 15.3 Å². The Labute approximate surface area is 142 Å². The van der Waals surface area contributed by atoms with Crippen molar-refractivity contribution >= 4 is 17.2 Å². The first-order chi connectivity index (χ1) is 11.5. The first-order valence-corrected chi connectivity index (χ1v) is 8.36. The summed E-state index contributed by atoms with van der Waals surface area (Å²) in [6.45, 7) is 8.17. The zero-order chi connectivity index (χ0) is 17.3. The summed E-state index contributed by atoms with van der Waals surface area (Å²) in [6.07, 6.45) is 3.65. The second-order valence-electron chi connectivity index (χ2n) is 6.31. The second kappa shape index (κ2) is 6.48. The van der Waals surface area contributed by atoms with Gasteiger partial charge in [-0.3, -0.25) is 9.20 Å². The van der Waals surface area contributed by atoms with Crippen LogP contribution in [0.5, 0.6) is 0 Å². The number of rotatable bonds is 4. The van der Waals surface area contributed by atoms with E-state index >= 15 is 0 Å². The fourth-order valence-electron chi connectivity index (χ4n) is 3.04. The van der Waals surface area contributed by atoms with Gasteiger partial charge in [-0.2, -0.15) is 0 Å². The smallest absolute Gasteiger partial charge is 0.274 e. The van der Waals surface area contributed by atoms with Crippen molar-refractivity contribution in [3.8, 4) is 0 Å². The molecular formula is C20H23N3O. The van der Waals surface area contributed by atoms with Crippen LogP contribution in [0.15, 0.2) is 36.5 Å². The van der Waals surface area contributed by atoms with Gasteiger partial charge in [-0.25, -0.2) is 4.98 Å². The lowest BCUT2D eigenvalue weighted by Gasteiger charge is -2.10. The van der Waals surface area contributed by atoms with Crippen LogP contribution in [0.4, 0.5) is 5.69 Å². The monoisotopic (exact) mass is 321 g/mol. The molecule has 0 saturated heterocycles. The van der Waals surface area contributed by atoms with Gasteiger partial charge < -0.3 is 5.32 Å². The summed E-state index contributed by atoms with van der Waals surface area (Å²) in [7, 11) is 0. The van der Waals surface area contributed by atoms with E-state index in [1.165, 1.54) is 5.56 Å². The molecule has 0 bridgehead atoms. The Morgan fingerprint density at radius 3 is 2.67 bits per heavy atom. The van der Waals surface area contributed by atoms with Crippen molar-refractivity contribution in [2.75, 3.05) is 5.32 Å². The van der Waals surface area contributed by atoms with Crippen LogP contribution in [0.25, 0.3) is 5.65 Å². The molecule has 0 atom stereocenters. The minimum absolute atomic E-state index is 0.108. The maximum absolute atomic E-state index is 13.0. The Bertz CT molecular complexity index is 909. The highest BCUT2D eigenvalue weighted by Crippen LogP contribution is 2.21. The van der Waals surface area contributed by atoms with E-state index in [-0.39, 0.29) is 5.91 Å². The minimum Gasteiger partial charge on any atom is -0.320 e. The molecule has 0 aliphatic rings. The van der Waals surface area contributed by atoms with Crippen molar-refractivity contribution in [2.45, 2.75) is 40.5 Å². The third kappa shape index (κ3) is 2.92. The summed E-state index contributed by atoms with van der Waals surface area (Å²) in [5, 5.41) is 3.05. The van der Waals surface area contributed by atoms with Gasteiger partial charge in [0.15, 0.2) is 0 Å². The molecule has 4 heteroatoms. The molecule has 0 spiro atoms. The summed E-state index contributed by atoms with van der Waals surface area (Å²) in [5.74, 6) is -0.108. The lowest BCUT2D eigenvalue weighted by molar-refractivity contribution is 0.102. The third-order valence-corrected chi connectivity index (χ3v) is 4.25. The number of fused-ring (bicyclic) bond motifs is 1. The third-order valence-electron chi connectivity index (χ3n) is 4.25. The Kier molecular flexibility index (Phi) is 4.38. The Hall–Kier alpha value is -2.62. The second-order valence-corrected chi connectivity index (χ2v) is 6.31. The van der Waals surface area contributed by atoms with E-state index in [2.05, 4.69) is 18.3 Å². The van der Waals surface area contributed by atoms with Crippen LogP contribution in [0, 0.1) is 20.8 Å². The number of nitrogens with one attached hydrogen (secondary N) is 1. The molecule has 3 rings (SSSR count). The van der Waals surface area contributed by atoms with Crippen LogP contribution < -0.4 is 5.32 Å². The van der Waals surface area contributed by atoms with Crippen molar-refractivity contribution in [3.05, 3.63) is 64.6 Å². The predicted octanol–water partition coefficient (Wildman–Crippen LogP) is 4.46. The highest BCUT2D eigenvalue weighted by Gasteiger charge is 2.20. The first-order valence-electron chi connectivity index (χ1n) is 8.36. The van der Waals surface area contributed by atoms with E-state index < -0.39 is 0 Å². The lowest BCUT2D eigenvalue weighted by atomic mass is 10.1. The van der Waals surface area contributed by atoms with Crippen molar-refractivity contribution in [1.29, 1.82) is 0 Å². The number of imidazole rings is 1. The normalized spacial score (nSPS) is 11.0. The van der Waals surface area contributed by atoms with Gasteiger partial charge in [-0.1, -0.05) is 37.1 Å². The Balaban J connectivity index is 2.05. The fourth-order valence-corrected chi connectivity index (χ4v) is 3.04. The minimum atomic E-state index is -0.108. The van der Waals surface area contributed by atoms with Crippen LogP contribution in [0.1, 0.15) is 46.2 Å². The number of aromatic nitrogens is 2. The Morgan fingerprint density at radius 1 is 1.17 bits per heavy atom. The van der Waals surface area contributed by atoms with Gasteiger partial charge in [0.25, 0.3) is 5.91 Å². The molecule has 0 aliphatic carbocycles. The van der Waals surface area contributed by atoms with E-state index in [9.17, 15) is 4.79 Å². The molecule has 0 aliphatic heterocycles. The number of nitrogens with zero attached hydrogens (tertiary/aromatic N) is 2. The quantitative estimate of drug-likeness (QED) is 0.771. The summed E-state index contributed by atoms with van der Waals surface area (Å²) in [6, 6.07) is 10.0. The average Bonchev–Trinajstić information content (AvgIpc) is 2.90. The zero-order valence-corrected chi connectivity index (χ0v) is 14.7. The standard InChI is InChI=1S/C20H23N3O/c1-5-7-17-18(23-11-6-8-14(3)19(23)21-17)20(24)22-16-10-9-13(2)12-15(16)4/h6,8-12H,5,7H2,1-4H3,(H,22,24). The lowest BCUT2D eigenvalue weighted by Crippen LogP contribution is -2.17. The molecule has 4 nitrogen and oxygen atoms in total. The van der Waals surface area contributed by atoms with Crippen LogP contribution in [-0.2, 0) is 6.42 Å². The molecule has 2 aromatic heterocycles. The molecule has 124 valence electrons. The number of carbonyl (C=O) groups excluding carboxylic acids is 1. The van der Waals surface area contributed by atoms with E-state index in [4.69, 9.17) is 4.98 Å². The molecule has 0 radical (unpaired) electrons. The molecule has 0 saturated carbocycles. The number of pyridine rings is 1.